The van der Waals surface area contributed by atoms with Crippen LogP contribution in [0.15, 0.2) is 64.9 Å². The van der Waals surface area contributed by atoms with Crippen molar-refractivity contribution in [2.45, 2.75) is 34.6 Å². The monoisotopic (exact) mass is 353 g/mol. The first kappa shape index (κ1) is 23.1. The molecule has 0 aliphatic rings. The van der Waals surface area contributed by atoms with Crippen molar-refractivity contribution < 1.29 is 0 Å². The van der Waals surface area contributed by atoms with Crippen LogP contribution in [0.3, 0.4) is 0 Å². The lowest BCUT2D eigenvalue weighted by Gasteiger charge is -2.11. The maximum Gasteiger partial charge on any atom is 0.150 e. The van der Waals surface area contributed by atoms with Gasteiger partial charge in [-0.1, -0.05) is 38.7 Å². The molecule has 26 heavy (non-hydrogen) atoms. The van der Waals surface area contributed by atoms with Crippen molar-refractivity contribution in [1.29, 1.82) is 5.41 Å². The number of allylic oxidation sites excluding steroid dienone is 3. The van der Waals surface area contributed by atoms with Crippen LogP contribution in [0.4, 0.5) is 11.5 Å². The summed E-state index contributed by atoms with van der Waals surface area (Å²) in [5, 5.41) is 10.9. The third-order valence-corrected chi connectivity index (χ3v) is 3.35. The summed E-state index contributed by atoms with van der Waals surface area (Å²) in [7, 11) is 0. The molecular formula is C21H31N5. The normalized spacial score (nSPS) is 11.6. The van der Waals surface area contributed by atoms with Crippen molar-refractivity contribution in [3.05, 3.63) is 65.6 Å². The lowest BCUT2D eigenvalue weighted by atomic mass is 10.1. The summed E-state index contributed by atoms with van der Waals surface area (Å²) < 4.78 is 0. The Bertz CT molecular complexity index is 724. The van der Waals surface area contributed by atoms with Gasteiger partial charge in [-0.15, -0.1) is 0 Å². The Labute approximate surface area is 157 Å². The highest BCUT2D eigenvalue weighted by Crippen LogP contribution is 2.18. The van der Waals surface area contributed by atoms with Gasteiger partial charge < -0.3 is 16.5 Å². The van der Waals surface area contributed by atoms with Crippen molar-refractivity contribution in [3.63, 3.8) is 0 Å². The fraction of sp³-hybridized carbons (Fsp3) is 0.286. The highest BCUT2D eigenvalue weighted by Gasteiger charge is 2.05. The summed E-state index contributed by atoms with van der Waals surface area (Å²) in [4.78, 5) is 8.27. The second-order valence-corrected chi connectivity index (χ2v) is 5.18. The molecule has 0 fully saturated rings. The van der Waals surface area contributed by atoms with Crippen LogP contribution >= 0.6 is 0 Å². The van der Waals surface area contributed by atoms with E-state index in [4.69, 9.17) is 11.1 Å². The van der Waals surface area contributed by atoms with Crippen LogP contribution < -0.4 is 11.1 Å². The zero-order chi connectivity index (χ0) is 20.1. The first-order chi connectivity index (χ1) is 12.4. The number of nitrogens with zero attached hydrogens (tertiary/aromatic N) is 2. The number of aromatic nitrogens is 1. The van der Waals surface area contributed by atoms with Gasteiger partial charge >= 0.3 is 0 Å². The van der Waals surface area contributed by atoms with Gasteiger partial charge in [0.05, 0.1) is 22.8 Å². The largest absolute Gasteiger partial charge is 0.396 e. The van der Waals surface area contributed by atoms with E-state index in [1.165, 1.54) is 0 Å². The van der Waals surface area contributed by atoms with E-state index in [2.05, 4.69) is 28.6 Å². The van der Waals surface area contributed by atoms with E-state index in [0.717, 1.165) is 11.1 Å². The molecule has 0 saturated heterocycles. The standard InChI is InChI=1S/C19H25N5.C2H6/c1-6-8-16(14(4)22-5)11-15(7-2)12-23-19-17(21)9-10-18(24-19)13(3)20;1-2/h6-11,20H,4-5,12,21H2,1-3H3,(H,23,24);1-2H3/b8-6-,15-7+,16-11-,20-13?;. The highest BCUT2D eigenvalue weighted by molar-refractivity contribution is 5.95. The van der Waals surface area contributed by atoms with Gasteiger partial charge in [0.15, 0.2) is 0 Å². The molecule has 0 saturated carbocycles. The summed E-state index contributed by atoms with van der Waals surface area (Å²) >= 11 is 0. The van der Waals surface area contributed by atoms with Crippen molar-refractivity contribution in [2.75, 3.05) is 17.6 Å². The van der Waals surface area contributed by atoms with Gasteiger partial charge in [0.2, 0.25) is 0 Å². The molecule has 1 aromatic heterocycles. The minimum Gasteiger partial charge on any atom is -0.396 e. The molecule has 0 bridgehead atoms. The molecule has 0 atom stereocenters. The molecule has 1 heterocycles. The van der Waals surface area contributed by atoms with E-state index >= 15 is 0 Å². The molecule has 5 nitrogen and oxygen atoms in total. The molecule has 0 aliphatic carbocycles. The molecule has 0 radical (unpaired) electrons. The lowest BCUT2D eigenvalue weighted by Crippen LogP contribution is -2.10. The van der Waals surface area contributed by atoms with Gasteiger partial charge in [-0.05, 0) is 56.8 Å². The predicted molar refractivity (Wildman–Crippen MR) is 116 cm³/mol. The molecular weight excluding hydrogens is 322 g/mol. The number of aliphatic imine (C=N–C) groups is 1. The Hall–Kier alpha value is -2.95. The Morgan fingerprint density at radius 1 is 1.35 bits per heavy atom. The molecule has 0 unspecified atom stereocenters. The van der Waals surface area contributed by atoms with Crippen molar-refractivity contribution in [3.8, 4) is 0 Å². The SMILES string of the molecule is C=NC(=C)C(/C=C\C)=C\C(=C/C)CNc1nc(C(C)=N)ccc1N.CC. The molecule has 0 aliphatic heterocycles. The van der Waals surface area contributed by atoms with Crippen LogP contribution in [0.25, 0.3) is 0 Å². The van der Waals surface area contributed by atoms with Gasteiger partial charge in [-0.25, -0.2) is 4.98 Å². The highest BCUT2D eigenvalue weighted by atomic mass is 15.0. The number of hydrogen-bond acceptors (Lipinski definition) is 5. The number of anilines is 2. The fourth-order valence-corrected chi connectivity index (χ4v) is 1.94. The number of nitrogen functional groups attached to an aromatic ring is 1. The van der Waals surface area contributed by atoms with E-state index in [0.29, 0.717) is 35.2 Å². The fourth-order valence-electron chi connectivity index (χ4n) is 1.94. The molecule has 0 spiro atoms. The third-order valence-electron chi connectivity index (χ3n) is 3.35. The molecule has 0 amide bonds. The second kappa shape index (κ2) is 12.4. The van der Waals surface area contributed by atoms with Gasteiger partial charge in [-0.3, -0.25) is 4.99 Å². The number of rotatable bonds is 8. The van der Waals surface area contributed by atoms with Crippen LogP contribution in [0.5, 0.6) is 0 Å². The Morgan fingerprint density at radius 3 is 2.50 bits per heavy atom. The first-order valence-corrected chi connectivity index (χ1v) is 8.64. The van der Waals surface area contributed by atoms with Crippen LogP contribution in [0.2, 0.25) is 0 Å². The average molecular weight is 354 g/mol. The van der Waals surface area contributed by atoms with Gasteiger partial charge in [0, 0.05) is 6.54 Å². The predicted octanol–water partition coefficient (Wildman–Crippen LogP) is 5.15. The van der Waals surface area contributed by atoms with Gasteiger partial charge in [-0.2, -0.15) is 0 Å². The zero-order valence-electron chi connectivity index (χ0n) is 16.6. The quantitative estimate of drug-likeness (QED) is 0.446. The van der Waals surface area contributed by atoms with Gasteiger partial charge in [0.25, 0.3) is 0 Å². The first-order valence-electron chi connectivity index (χ1n) is 8.64. The van der Waals surface area contributed by atoms with E-state index in [9.17, 15) is 0 Å². The summed E-state index contributed by atoms with van der Waals surface area (Å²) in [5.74, 6) is 0.570. The van der Waals surface area contributed by atoms with Crippen molar-refractivity contribution in [2.24, 2.45) is 4.99 Å². The second-order valence-electron chi connectivity index (χ2n) is 5.18. The molecule has 1 rings (SSSR count). The van der Waals surface area contributed by atoms with Crippen LogP contribution in [-0.2, 0) is 0 Å². The number of nitrogens with two attached hydrogens (primary N) is 1. The summed E-state index contributed by atoms with van der Waals surface area (Å²) in [6.07, 6.45) is 7.85. The lowest BCUT2D eigenvalue weighted by molar-refractivity contribution is 1.17. The number of nitrogens with one attached hydrogen (secondary N) is 2. The molecule has 140 valence electrons. The maximum atomic E-state index is 7.68. The molecule has 4 N–H and O–H groups in total. The maximum absolute atomic E-state index is 7.68. The Morgan fingerprint density at radius 2 is 2.00 bits per heavy atom. The van der Waals surface area contributed by atoms with E-state index < -0.39 is 0 Å². The number of hydrogen-bond donors (Lipinski definition) is 3. The Balaban J connectivity index is 0.00000301. The molecule has 5 heteroatoms. The van der Waals surface area contributed by atoms with Crippen molar-refractivity contribution in [1.82, 2.24) is 4.98 Å². The average Bonchev–Trinajstić information content (AvgIpc) is 2.66. The minimum absolute atomic E-state index is 0.396. The summed E-state index contributed by atoms with van der Waals surface area (Å²) in [6.45, 7) is 17.5. The van der Waals surface area contributed by atoms with Crippen LogP contribution in [0.1, 0.15) is 40.3 Å². The molecule has 0 aromatic carbocycles. The smallest absolute Gasteiger partial charge is 0.150 e. The summed E-state index contributed by atoms with van der Waals surface area (Å²) in [5.41, 5.74) is 10.0. The van der Waals surface area contributed by atoms with Crippen molar-refractivity contribution >= 4 is 23.9 Å². The topological polar surface area (TPSA) is 87.2 Å². The third kappa shape index (κ3) is 7.30. The molecule has 1 aromatic rings. The Kier molecular flexibility index (Phi) is 11.0. The summed E-state index contributed by atoms with van der Waals surface area (Å²) in [6, 6.07) is 3.49. The van der Waals surface area contributed by atoms with E-state index in [-0.39, 0.29) is 0 Å². The van der Waals surface area contributed by atoms with Crippen LogP contribution in [-0.4, -0.2) is 24.0 Å². The van der Waals surface area contributed by atoms with E-state index in [1.54, 1.807) is 19.1 Å². The number of pyridine rings is 1. The van der Waals surface area contributed by atoms with Gasteiger partial charge in [0.1, 0.15) is 5.82 Å². The van der Waals surface area contributed by atoms with E-state index in [1.807, 2.05) is 52.0 Å². The minimum atomic E-state index is 0.396. The zero-order valence-corrected chi connectivity index (χ0v) is 16.6. The van der Waals surface area contributed by atoms with Crippen LogP contribution in [0, 0.1) is 5.41 Å².